The Bertz CT molecular complexity index is 733. The maximum absolute atomic E-state index is 12.5. The first-order chi connectivity index (χ1) is 23.0. The standard InChI is InChI=1S/C41H76O6/c1-4-7-9-11-13-15-17-19-20-22-24-26-28-30-32-35-41(44)47-38(36-45-39(42)33-6-3)37-46-40(43)34-31-29-27-25-23-21-18-16-14-12-10-8-5-2/h19-20,38H,4-18,21-37H2,1-3H3/b20-19+. The van der Waals surface area contributed by atoms with Crippen LogP contribution in [0.5, 0.6) is 0 Å². The van der Waals surface area contributed by atoms with Crippen molar-refractivity contribution in [3.8, 4) is 0 Å². The second-order valence-electron chi connectivity index (χ2n) is 13.6. The van der Waals surface area contributed by atoms with Gasteiger partial charge in [-0.15, -0.1) is 0 Å². The number of hydrogen-bond donors (Lipinski definition) is 0. The van der Waals surface area contributed by atoms with Crippen molar-refractivity contribution in [2.75, 3.05) is 13.2 Å². The Morgan fingerprint density at radius 2 is 0.745 bits per heavy atom. The average Bonchev–Trinajstić information content (AvgIpc) is 3.06. The summed E-state index contributed by atoms with van der Waals surface area (Å²) in [6.07, 6.45) is 37.5. The van der Waals surface area contributed by atoms with Crippen LogP contribution in [0.4, 0.5) is 0 Å². The van der Waals surface area contributed by atoms with Crippen molar-refractivity contribution in [3.05, 3.63) is 12.2 Å². The minimum Gasteiger partial charge on any atom is -0.462 e. The average molecular weight is 665 g/mol. The van der Waals surface area contributed by atoms with Crippen LogP contribution in [-0.4, -0.2) is 37.2 Å². The van der Waals surface area contributed by atoms with Crippen LogP contribution in [-0.2, 0) is 28.6 Å². The second-order valence-corrected chi connectivity index (χ2v) is 13.6. The molecule has 0 rings (SSSR count). The zero-order valence-electron chi connectivity index (χ0n) is 31.3. The molecule has 0 aliphatic heterocycles. The van der Waals surface area contributed by atoms with E-state index in [0.29, 0.717) is 25.7 Å². The minimum absolute atomic E-state index is 0.0746. The number of hydrogen-bond acceptors (Lipinski definition) is 6. The number of ether oxygens (including phenoxy) is 3. The van der Waals surface area contributed by atoms with Gasteiger partial charge in [0.2, 0.25) is 0 Å². The van der Waals surface area contributed by atoms with Gasteiger partial charge in [0.25, 0.3) is 0 Å². The molecular formula is C41H76O6. The van der Waals surface area contributed by atoms with E-state index in [2.05, 4.69) is 26.0 Å². The van der Waals surface area contributed by atoms with E-state index >= 15 is 0 Å². The fourth-order valence-corrected chi connectivity index (χ4v) is 5.71. The van der Waals surface area contributed by atoms with Crippen LogP contribution < -0.4 is 0 Å². The Hall–Kier alpha value is -1.85. The van der Waals surface area contributed by atoms with Gasteiger partial charge in [-0.2, -0.15) is 0 Å². The molecule has 0 fully saturated rings. The number of unbranched alkanes of at least 4 members (excludes halogenated alkanes) is 23. The van der Waals surface area contributed by atoms with Gasteiger partial charge in [0.1, 0.15) is 13.2 Å². The van der Waals surface area contributed by atoms with Crippen molar-refractivity contribution in [2.45, 2.75) is 219 Å². The molecule has 0 N–H and O–H groups in total. The quantitative estimate of drug-likeness (QED) is 0.0287. The molecule has 6 heteroatoms. The number of carbonyl (C=O) groups excluding carboxylic acids is 3. The van der Waals surface area contributed by atoms with Gasteiger partial charge >= 0.3 is 17.9 Å². The highest BCUT2D eigenvalue weighted by atomic mass is 16.6. The summed E-state index contributed by atoms with van der Waals surface area (Å²) in [5.41, 5.74) is 0. The van der Waals surface area contributed by atoms with E-state index in [1.54, 1.807) is 0 Å². The summed E-state index contributed by atoms with van der Waals surface area (Å²) in [6.45, 7) is 6.27. The maximum Gasteiger partial charge on any atom is 0.306 e. The Kier molecular flexibility index (Phi) is 35.5. The van der Waals surface area contributed by atoms with Crippen molar-refractivity contribution in [1.29, 1.82) is 0 Å². The number of allylic oxidation sites excluding steroid dienone is 2. The van der Waals surface area contributed by atoms with Gasteiger partial charge < -0.3 is 14.2 Å². The summed E-state index contributed by atoms with van der Waals surface area (Å²) in [6, 6.07) is 0. The molecule has 0 heterocycles. The highest BCUT2D eigenvalue weighted by molar-refractivity contribution is 5.71. The van der Waals surface area contributed by atoms with Crippen molar-refractivity contribution >= 4 is 17.9 Å². The third-order valence-corrected chi connectivity index (χ3v) is 8.74. The predicted molar refractivity (Wildman–Crippen MR) is 196 cm³/mol. The molecule has 0 aliphatic carbocycles. The molecule has 1 unspecified atom stereocenters. The zero-order valence-corrected chi connectivity index (χ0v) is 31.3. The molecule has 0 aromatic heterocycles. The Morgan fingerprint density at radius 3 is 1.15 bits per heavy atom. The summed E-state index contributed by atoms with van der Waals surface area (Å²) in [7, 11) is 0. The molecule has 0 bridgehead atoms. The van der Waals surface area contributed by atoms with Crippen LogP contribution >= 0.6 is 0 Å². The Morgan fingerprint density at radius 1 is 0.404 bits per heavy atom. The second kappa shape index (κ2) is 37.0. The first-order valence-corrected chi connectivity index (χ1v) is 20.2. The van der Waals surface area contributed by atoms with Crippen LogP contribution in [0.3, 0.4) is 0 Å². The first kappa shape index (κ1) is 45.2. The highest BCUT2D eigenvalue weighted by Crippen LogP contribution is 2.14. The summed E-state index contributed by atoms with van der Waals surface area (Å²) in [4.78, 5) is 36.7. The number of esters is 3. The lowest BCUT2D eigenvalue weighted by Gasteiger charge is -2.18. The highest BCUT2D eigenvalue weighted by Gasteiger charge is 2.19. The van der Waals surface area contributed by atoms with Crippen LogP contribution in [0.2, 0.25) is 0 Å². The largest absolute Gasteiger partial charge is 0.462 e. The molecule has 0 aliphatic rings. The number of carbonyl (C=O) groups is 3. The monoisotopic (exact) mass is 665 g/mol. The van der Waals surface area contributed by atoms with Crippen LogP contribution in [0.15, 0.2) is 12.2 Å². The SMILES string of the molecule is CCCCCCCC/C=C/CCCCCCCC(=O)OC(COC(=O)CCC)COC(=O)CCCCCCCCCCCCCCC. The van der Waals surface area contributed by atoms with E-state index in [-0.39, 0.29) is 31.1 Å². The molecular weight excluding hydrogens is 588 g/mol. The van der Waals surface area contributed by atoms with Crippen molar-refractivity contribution in [1.82, 2.24) is 0 Å². The molecule has 0 aromatic carbocycles. The first-order valence-electron chi connectivity index (χ1n) is 20.2. The molecule has 0 spiro atoms. The summed E-state index contributed by atoms with van der Waals surface area (Å²) in [5.74, 6) is -0.943. The van der Waals surface area contributed by atoms with Gasteiger partial charge in [0.05, 0.1) is 0 Å². The van der Waals surface area contributed by atoms with Gasteiger partial charge in [-0.1, -0.05) is 161 Å². The zero-order chi connectivity index (χ0) is 34.5. The molecule has 0 saturated heterocycles. The molecule has 1 atom stereocenters. The number of rotatable bonds is 36. The smallest absolute Gasteiger partial charge is 0.306 e. The van der Waals surface area contributed by atoms with Crippen LogP contribution in [0.1, 0.15) is 213 Å². The summed E-state index contributed by atoms with van der Waals surface area (Å²) < 4.78 is 16.3. The van der Waals surface area contributed by atoms with E-state index in [4.69, 9.17) is 14.2 Å². The van der Waals surface area contributed by atoms with Crippen LogP contribution in [0, 0.1) is 0 Å². The van der Waals surface area contributed by atoms with Gasteiger partial charge in [-0.3, -0.25) is 14.4 Å². The predicted octanol–water partition coefficient (Wildman–Crippen LogP) is 12.3. The topological polar surface area (TPSA) is 78.9 Å². The normalized spacial score (nSPS) is 12.0. The van der Waals surface area contributed by atoms with Crippen molar-refractivity contribution < 1.29 is 28.6 Å². The Balaban J connectivity index is 4.02. The van der Waals surface area contributed by atoms with Gasteiger partial charge in [0.15, 0.2) is 6.10 Å². The van der Waals surface area contributed by atoms with E-state index in [9.17, 15) is 14.4 Å². The van der Waals surface area contributed by atoms with Crippen LogP contribution in [0.25, 0.3) is 0 Å². The summed E-state index contributed by atoms with van der Waals surface area (Å²) in [5, 5.41) is 0. The van der Waals surface area contributed by atoms with Gasteiger partial charge in [0, 0.05) is 19.3 Å². The van der Waals surface area contributed by atoms with E-state index < -0.39 is 6.10 Å². The van der Waals surface area contributed by atoms with E-state index in [1.165, 1.54) is 122 Å². The lowest BCUT2D eigenvalue weighted by atomic mass is 10.0. The van der Waals surface area contributed by atoms with Crippen molar-refractivity contribution in [2.24, 2.45) is 0 Å². The molecule has 0 saturated carbocycles. The lowest BCUT2D eigenvalue weighted by Crippen LogP contribution is -2.30. The molecule has 0 radical (unpaired) electrons. The van der Waals surface area contributed by atoms with Gasteiger partial charge in [-0.05, 0) is 44.9 Å². The molecule has 276 valence electrons. The molecule has 6 nitrogen and oxygen atoms in total. The van der Waals surface area contributed by atoms with Gasteiger partial charge in [-0.25, -0.2) is 0 Å². The lowest BCUT2D eigenvalue weighted by molar-refractivity contribution is -0.167. The fraction of sp³-hybridized carbons (Fsp3) is 0.878. The maximum atomic E-state index is 12.5. The molecule has 0 aromatic rings. The Labute approximate surface area is 290 Å². The minimum atomic E-state index is -0.762. The van der Waals surface area contributed by atoms with E-state index in [0.717, 1.165) is 44.9 Å². The fourth-order valence-electron chi connectivity index (χ4n) is 5.71. The van der Waals surface area contributed by atoms with Crippen molar-refractivity contribution in [3.63, 3.8) is 0 Å². The molecule has 0 amide bonds. The third kappa shape index (κ3) is 35.3. The van der Waals surface area contributed by atoms with E-state index in [1.807, 2.05) is 6.92 Å². The summed E-state index contributed by atoms with van der Waals surface area (Å²) >= 11 is 0. The third-order valence-electron chi connectivity index (χ3n) is 8.74. The molecule has 47 heavy (non-hydrogen) atoms.